The van der Waals surface area contributed by atoms with Gasteiger partial charge in [0, 0.05) is 12.5 Å². The first-order valence-electron chi connectivity index (χ1n) is 7.82. The van der Waals surface area contributed by atoms with Crippen molar-refractivity contribution in [3.05, 3.63) is 18.3 Å². The van der Waals surface area contributed by atoms with Gasteiger partial charge in [-0.25, -0.2) is 4.39 Å². The number of hydrogen-bond acceptors (Lipinski definition) is 1. The Kier molecular flexibility index (Phi) is 10.2. The van der Waals surface area contributed by atoms with Crippen molar-refractivity contribution < 1.29 is 91.2 Å². The van der Waals surface area contributed by atoms with Crippen LogP contribution in [-0.4, -0.2) is 18.9 Å². The van der Waals surface area contributed by atoms with Gasteiger partial charge in [-0.15, -0.1) is 0 Å². The molecule has 0 spiro atoms. The van der Waals surface area contributed by atoms with Gasteiger partial charge < -0.3 is 11.2 Å². The van der Waals surface area contributed by atoms with E-state index in [9.17, 15) is 17.6 Å². The number of hydrogen-bond donors (Lipinski definition) is 0. The minimum Gasteiger partial charge on any atom is -0.378 e. The van der Waals surface area contributed by atoms with E-state index < -0.39 is 17.9 Å². The van der Waals surface area contributed by atoms with Gasteiger partial charge >= 0.3 is 75.1 Å². The van der Waals surface area contributed by atoms with Crippen LogP contribution in [0.2, 0.25) is 0 Å². The van der Waals surface area contributed by atoms with Crippen molar-refractivity contribution in [3.8, 4) is 0 Å². The van der Waals surface area contributed by atoms with E-state index in [4.69, 9.17) is 4.74 Å². The molecule has 122 valence electrons. The van der Waals surface area contributed by atoms with E-state index in [0.29, 0.717) is 31.6 Å². The van der Waals surface area contributed by atoms with Crippen molar-refractivity contribution in [3.63, 3.8) is 0 Å². The van der Waals surface area contributed by atoms with Gasteiger partial charge in [-0.05, 0) is 31.6 Å². The predicted octanol–water partition coefficient (Wildman–Crippen LogP) is 2.38. The molecule has 0 amide bonds. The Hall–Kier alpha value is 1.47. The van der Waals surface area contributed by atoms with E-state index in [1.54, 1.807) is 0 Å². The first kappa shape index (κ1) is 21.5. The topological polar surface area (TPSA) is 9.23 Å². The third-order valence-corrected chi connectivity index (χ3v) is 4.49. The van der Waals surface area contributed by atoms with Crippen LogP contribution in [0.4, 0.5) is 17.6 Å². The minimum absolute atomic E-state index is 0. The second-order valence-electron chi connectivity index (χ2n) is 6.19. The summed E-state index contributed by atoms with van der Waals surface area (Å²) in [6, 6.07) is 0. The smallest absolute Gasteiger partial charge is 0.378 e. The van der Waals surface area contributed by atoms with Crippen LogP contribution in [0.15, 0.2) is 11.9 Å². The van der Waals surface area contributed by atoms with Crippen molar-refractivity contribution in [2.45, 2.75) is 63.6 Å². The van der Waals surface area contributed by atoms with Crippen molar-refractivity contribution in [1.29, 1.82) is 0 Å². The van der Waals surface area contributed by atoms with Gasteiger partial charge in [0.2, 0.25) is 0 Å². The molecule has 0 N–H and O–H groups in total. The molecule has 0 atom stereocenters. The molecule has 0 aromatic rings. The predicted molar refractivity (Wildman–Crippen MR) is 73.2 cm³/mol. The molecule has 2 aliphatic carbocycles. The summed E-state index contributed by atoms with van der Waals surface area (Å²) in [6.07, 6.45) is 4.46. The minimum atomic E-state index is -4.56. The molecule has 0 heterocycles. The molecule has 0 aromatic heterocycles. The van der Waals surface area contributed by atoms with Gasteiger partial charge in [-0.3, -0.25) is 0 Å². The molecule has 2 fully saturated rings. The van der Waals surface area contributed by atoms with Crippen LogP contribution in [0.5, 0.6) is 0 Å². The van der Waals surface area contributed by atoms with Crippen molar-refractivity contribution in [2.75, 3.05) is 6.61 Å². The molecule has 2 aliphatic rings. The number of allylic oxidation sites excluding steroid dienone is 2. The van der Waals surface area contributed by atoms with Crippen molar-refractivity contribution >= 4 is 0 Å². The number of ether oxygens (including phenoxy) is 1. The first-order valence-corrected chi connectivity index (χ1v) is 7.82. The second-order valence-corrected chi connectivity index (χ2v) is 6.19. The van der Waals surface area contributed by atoms with Gasteiger partial charge in [-0.1, -0.05) is 12.8 Å². The summed E-state index contributed by atoms with van der Waals surface area (Å²) in [5, 5.41) is 0. The number of rotatable bonds is 4. The molecule has 0 unspecified atom stereocenters. The Labute approximate surface area is 189 Å². The summed E-state index contributed by atoms with van der Waals surface area (Å²) in [4.78, 5) is 0. The van der Waals surface area contributed by atoms with E-state index in [0.717, 1.165) is 32.3 Å². The van der Waals surface area contributed by atoms with Crippen molar-refractivity contribution in [2.24, 2.45) is 11.8 Å². The average Bonchev–Trinajstić information content (AvgIpc) is 2.45. The van der Waals surface area contributed by atoms with Gasteiger partial charge in [0.15, 0.2) is 0 Å². The maximum Gasteiger partial charge on any atom is 1.00 e. The molecule has 0 saturated heterocycles. The maximum atomic E-state index is 13.5. The van der Waals surface area contributed by atoms with Gasteiger partial charge in [0.1, 0.15) is 5.83 Å². The summed E-state index contributed by atoms with van der Waals surface area (Å²) in [6.45, 7) is 0.740. The van der Waals surface area contributed by atoms with E-state index in [1.165, 1.54) is 0 Å². The van der Waals surface area contributed by atoms with E-state index >= 15 is 0 Å². The molecule has 6 heteroatoms. The summed E-state index contributed by atoms with van der Waals surface area (Å²) in [7, 11) is 0. The average molecular weight is 440 g/mol. The van der Waals surface area contributed by atoms with E-state index in [2.05, 4.69) is 6.42 Å². The fraction of sp³-hybridized carbons (Fsp3) is 0.812. The second kappa shape index (κ2) is 10.5. The van der Waals surface area contributed by atoms with E-state index in [1.807, 2.05) is 0 Å². The molecule has 0 aliphatic heterocycles. The van der Waals surface area contributed by atoms with Gasteiger partial charge in [0.05, 0.1) is 12.2 Å². The number of alkyl halides is 3. The molecular formula is C16H23CsF4O. The fourth-order valence-corrected chi connectivity index (χ4v) is 3.21. The van der Waals surface area contributed by atoms with Crippen LogP contribution in [0.1, 0.15) is 51.4 Å². The van der Waals surface area contributed by atoms with Gasteiger partial charge in [-0.2, -0.15) is 26.0 Å². The summed E-state index contributed by atoms with van der Waals surface area (Å²) < 4.78 is 55.7. The molecule has 1 nitrogen and oxygen atoms in total. The third-order valence-electron chi connectivity index (χ3n) is 4.49. The molecule has 2 saturated carbocycles. The maximum absolute atomic E-state index is 13.5. The zero-order valence-corrected chi connectivity index (χ0v) is 19.5. The van der Waals surface area contributed by atoms with Crippen LogP contribution in [0.3, 0.4) is 0 Å². The number of halogens is 4. The third kappa shape index (κ3) is 8.03. The van der Waals surface area contributed by atoms with Crippen LogP contribution in [0.25, 0.3) is 0 Å². The first-order chi connectivity index (χ1) is 9.94. The molecule has 0 aromatic carbocycles. The molecule has 22 heavy (non-hydrogen) atoms. The Balaban J connectivity index is 0.00000242. The van der Waals surface area contributed by atoms with Crippen molar-refractivity contribution in [1.82, 2.24) is 0 Å². The van der Waals surface area contributed by atoms with Gasteiger partial charge in [0.25, 0.3) is 0 Å². The Morgan fingerprint density at radius 3 is 2.18 bits per heavy atom. The van der Waals surface area contributed by atoms with E-state index in [-0.39, 0.29) is 81.1 Å². The molecular weight excluding hydrogens is 417 g/mol. The Morgan fingerprint density at radius 2 is 1.64 bits per heavy atom. The molecule has 0 bridgehead atoms. The molecule has 2 rings (SSSR count). The zero-order valence-electron chi connectivity index (χ0n) is 13.2. The summed E-state index contributed by atoms with van der Waals surface area (Å²) in [5.41, 5.74) is 0. The summed E-state index contributed by atoms with van der Waals surface area (Å²) >= 11 is 0. The SMILES string of the molecule is F/C(=C\C(F)(F)F)C1CCC(OCC2CC[CH-]CC2)CC1.[Cs+]. The standard InChI is InChI=1S/C16H23F4O.Cs/c17-15(10-16(18,19)20)13-6-8-14(9-7-13)21-11-12-4-2-1-3-5-12;/h1,10,12-14H,2-9,11H2;/q-1;+1/b15-10-;. The summed E-state index contributed by atoms with van der Waals surface area (Å²) in [5.74, 6) is -1.01. The van der Waals surface area contributed by atoms with Crippen LogP contribution in [0, 0.1) is 18.3 Å². The zero-order chi connectivity index (χ0) is 15.3. The molecule has 0 radical (unpaired) electrons. The largest absolute Gasteiger partial charge is 1.00 e. The van der Waals surface area contributed by atoms with Crippen LogP contribution >= 0.6 is 0 Å². The Bertz CT molecular complexity index is 343. The fourth-order valence-electron chi connectivity index (χ4n) is 3.21. The van der Waals surface area contributed by atoms with Crippen LogP contribution in [-0.2, 0) is 4.74 Å². The Morgan fingerprint density at radius 1 is 1.05 bits per heavy atom. The quantitative estimate of drug-likeness (QED) is 0.482. The normalized spacial score (nSPS) is 28.3. The van der Waals surface area contributed by atoms with Crippen LogP contribution < -0.4 is 68.9 Å². The monoisotopic (exact) mass is 440 g/mol.